The lowest BCUT2D eigenvalue weighted by Crippen LogP contribution is -2.72. The lowest BCUT2D eigenvalue weighted by molar-refractivity contribution is -0.406. The summed E-state index contributed by atoms with van der Waals surface area (Å²) >= 11 is 0. The molecule has 42 heavy (non-hydrogen) atoms. The van der Waals surface area contributed by atoms with Crippen molar-refractivity contribution >= 4 is 5.78 Å². The average molecular weight is 585 g/mol. The number of aliphatic hydroxyl groups excluding tert-OH is 2. The minimum atomic E-state index is -2.22. The smallest absolute Gasteiger partial charge is 0.306 e. The number of ether oxygens (including phenoxy) is 4. The molecule has 0 amide bonds. The number of aliphatic hydroxyl groups is 3. The van der Waals surface area contributed by atoms with Crippen LogP contribution in [0.2, 0.25) is 0 Å². The van der Waals surface area contributed by atoms with Gasteiger partial charge in [-0.3, -0.25) is 4.79 Å². The molecular formula is C34H48O8. The number of epoxide rings is 1. The summed E-state index contributed by atoms with van der Waals surface area (Å²) in [4.78, 5) is 13.5. The normalized spacial score (nSPS) is 48.4. The SMILES string of the molecule is C=C(C)[C@]12CC(C)C34O[C@@](/C=C\C=C\CCCCCCCCC)(O[C@@H]1[C@@H]3[C@@H]1O[C@]1(CO)[C@@H](O)[C@]1(O)C(=O)C(C)=C[C@@H]41)O2. The zero-order valence-corrected chi connectivity index (χ0v) is 25.5. The van der Waals surface area contributed by atoms with Crippen molar-refractivity contribution in [2.24, 2.45) is 17.8 Å². The maximum atomic E-state index is 13.5. The van der Waals surface area contributed by atoms with Crippen molar-refractivity contribution < 1.29 is 39.1 Å². The average Bonchev–Trinajstić information content (AvgIpc) is 3.60. The van der Waals surface area contributed by atoms with E-state index in [2.05, 4.69) is 19.6 Å². The summed E-state index contributed by atoms with van der Waals surface area (Å²) in [6.45, 7) is 11.6. The molecule has 2 saturated carbocycles. The van der Waals surface area contributed by atoms with E-state index >= 15 is 0 Å². The number of rotatable bonds is 12. The summed E-state index contributed by atoms with van der Waals surface area (Å²) in [5.41, 5.74) is -4.66. The van der Waals surface area contributed by atoms with Crippen LogP contribution in [0.3, 0.4) is 0 Å². The molecule has 232 valence electrons. The van der Waals surface area contributed by atoms with Crippen molar-refractivity contribution in [3.05, 3.63) is 48.1 Å². The van der Waals surface area contributed by atoms with Crippen LogP contribution in [0.1, 0.15) is 85.5 Å². The Balaban J connectivity index is 1.31. The highest BCUT2D eigenvalue weighted by atomic mass is 16.9. The van der Waals surface area contributed by atoms with Gasteiger partial charge in [-0.2, -0.15) is 0 Å². The highest BCUT2D eigenvalue weighted by molar-refractivity contribution is 6.05. The largest absolute Gasteiger partial charge is 0.393 e. The fraction of sp³-hybridized carbons (Fsp3) is 0.735. The molecule has 3 N–H and O–H groups in total. The Hall–Kier alpha value is -1.65. The van der Waals surface area contributed by atoms with Gasteiger partial charge in [0.1, 0.15) is 29.5 Å². The van der Waals surface area contributed by atoms with Crippen molar-refractivity contribution in [2.45, 2.75) is 132 Å². The molecule has 11 atom stereocenters. The van der Waals surface area contributed by atoms with Crippen molar-refractivity contribution in [1.82, 2.24) is 0 Å². The van der Waals surface area contributed by atoms with Crippen molar-refractivity contribution in [1.29, 1.82) is 0 Å². The molecular weight excluding hydrogens is 536 g/mol. The summed E-state index contributed by atoms with van der Waals surface area (Å²) in [5.74, 6) is -3.80. The van der Waals surface area contributed by atoms with Gasteiger partial charge >= 0.3 is 5.97 Å². The second kappa shape index (κ2) is 10.5. The summed E-state index contributed by atoms with van der Waals surface area (Å²) in [7, 11) is 0. The zero-order valence-electron chi connectivity index (χ0n) is 25.5. The van der Waals surface area contributed by atoms with Crippen molar-refractivity contribution in [3.8, 4) is 0 Å². The number of allylic oxidation sites excluding steroid dienone is 3. The molecule has 8 heteroatoms. The predicted molar refractivity (Wildman–Crippen MR) is 156 cm³/mol. The molecule has 8 nitrogen and oxygen atoms in total. The standard InChI is InChI=1S/C34H48O8/c1-6-7-8-9-10-11-12-13-14-15-16-17-32-40-27-25-28-31(20-35,39-28)29(37)33(38)24(18-22(4)26(33)36)34(25,42-32)23(5)19-30(27,41-32)21(2)3/h14-18,23-25,27-29,35,37-38H,2,6-13,19-20H2,1,3-5H3/b15-14+,17-16-/t23?,24-,25-,27-,28+,29-,30-,31+,32+,33-,34?/m1/s1. The summed E-state index contributed by atoms with van der Waals surface area (Å²) in [5, 5.41) is 34.2. The van der Waals surface area contributed by atoms with Crippen LogP contribution in [0.4, 0.5) is 0 Å². The van der Waals surface area contributed by atoms with Crippen LogP contribution in [-0.4, -0.2) is 74.4 Å². The fourth-order valence-electron chi connectivity index (χ4n) is 8.98. The quantitative estimate of drug-likeness (QED) is 0.134. The van der Waals surface area contributed by atoms with Crippen LogP contribution in [-0.2, 0) is 23.7 Å². The van der Waals surface area contributed by atoms with Gasteiger partial charge < -0.3 is 34.3 Å². The highest BCUT2D eigenvalue weighted by Gasteiger charge is 2.88. The first-order valence-corrected chi connectivity index (χ1v) is 16.0. The van der Waals surface area contributed by atoms with Crippen LogP contribution in [0.15, 0.2) is 48.1 Å². The van der Waals surface area contributed by atoms with Gasteiger partial charge in [0.2, 0.25) is 0 Å². The van der Waals surface area contributed by atoms with Gasteiger partial charge in [0.25, 0.3) is 0 Å². The molecule has 6 aliphatic rings. The van der Waals surface area contributed by atoms with Gasteiger partial charge in [-0.1, -0.05) is 83.3 Å². The Morgan fingerprint density at radius 2 is 1.81 bits per heavy atom. The van der Waals surface area contributed by atoms with Gasteiger partial charge in [0, 0.05) is 17.9 Å². The highest BCUT2D eigenvalue weighted by Crippen LogP contribution is 2.72. The number of carbonyl (C=O) groups excluding carboxylic acids is 1. The third kappa shape index (κ3) is 3.95. The molecule has 0 radical (unpaired) electrons. The molecule has 3 aliphatic carbocycles. The van der Waals surface area contributed by atoms with Crippen LogP contribution in [0, 0.1) is 17.8 Å². The number of carbonyl (C=O) groups is 1. The molecule has 0 aromatic rings. The van der Waals surface area contributed by atoms with Crippen LogP contribution < -0.4 is 0 Å². The van der Waals surface area contributed by atoms with Crippen molar-refractivity contribution in [3.63, 3.8) is 0 Å². The van der Waals surface area contributed by atoms with Crippen LogP contribution >= 0.6 is 0 Å². The Kier molecular flexibility index (Phi) is 7.57. The van der Waals surface area contributed by atoms with E-state index in [-0.39, 0.29) is 5.92 Å². The number of hydrogen-bond donors (Lipinski definition) is 3. The molecule has 3 bridgehead atoms. The third-order valence-corrected chi connectivity index (χ3v) is 11.2. The van der Waals surface area contributed by atoms with E-state index in [1.165, 1.54) is 38.5 Å². The van der Waals surface area contributed by atoms with Gasteiger partial charge in [0.15, 0.2) is 11.4 Å². The minimum Gasteiger partial charge on any atom is -0.393 e. The maximum Gasteiger partial charge on any atom is 0.306 e. The van der Waals surface area contributed by atoms with Gasteiger partial charge in [-0.25, -0.2) is 0 Å². The fourth-order valence-corrected chi connectivity index (χ4v) is 8.98. The molecule has 5 fully saturated rings. The van der Waals surface area contributed by atoms with Gasteiger partial charge in [0.05, 0.1) is 12.2 Å². The number of ketones is 1. The second-order valence-electron chi connectivity index (χ2n) is 13.7. The van der Waals surface area contributed by atoms with E-state index in [0.717, 1.165) is 18.4 Å². The van der Waals surface area contributed by atoms with Gasteiger partial charge in [-0.15, -0.1) is 0 Å². The Bertz CT molecular complexity index is 1210. The molecule has 0 aromatic heterocycles. The number of hydrogen-bond acceptors (Lipinski definition) is 8. The number of Topliss-reactive ketones (excluding diaryl/α,β-unsaturated/α-hetero) is 1. The van der Waals surface area contributed by atoms with E-state index in [1.54, 1.807) is 19.1 Å². The van der Waals surface area contributed by atoms with Crippen LogP contribution in [0.5, 0.6) is 0 Å². The first-order valence-electron chi connectivity index (χ1n) is 16.0. The molecule has 3 heterocycles. The lowest BCUT2D eigenvalue weighted by Gasteiger charge is -2.59. The summed E-state index contributed by atoms with van der Waals surface area (Å²) < 4.78 is 26.5. The first kappa shape index (κ1) is 30.4. The number of fused-ring (bicyclic) bond motifs is 3. The number of unbranched alkanes of at least 4 members (excludes halogenated alkanes) is 7. The van der Waals surface area contributed by atoms with E-state index < -0.39 is 70.9 Å². The molecule has 3 aliphatic heterocycles. The van der Waals surface area contributed by atoms with Crippen molar-refractivity contribution in [2.75, 3.05) is 6.61 Å². The van der Waals surface area contributed by atoms with Crippen LogP contribution in [0.25, 0.3) is 0 Å². The monoisotopic (exact) mass is 584 g/mol. The topological polar surface area (TPSA) is 118 Å². The molecule has 0 aromatic carbocycles. The molecule has 2 unspecified atom stereocenters. The Labute approximate surface area is 249 Å². The first-order chi connectivity index (χ1) is 20.0. The van der Waals surface area contributed by atoms with E-state index in [1.807, 2.05) is 26.0 Å². The summed E-state index contributed by atoms with van der Waals surface area (Å²) in [6, 6.07) is 0. The molecule has 3 saturated heterocycles. The van der Waals surface area contributed by atoms with E-state index in [9.17, 15) is 20.1 Å². The van der Waals surface area contributed by atoms with E-state index in [4.69, 9.17) is 18.9 Å². The third-order valence-electron chi connectivity index (χ3n) is 11.2. The molecule has 6 rings (SSSR count). The zero-order chi connectivity index (χ0) is 30.1. The molecule has 0 spiro atoms. The van der Waals surface area contributed by atoms with E-state index in [0.29, 0.717) is 12.0 Å². The Morgan fingerprint density at radius 1 is 1.10 bits per heavy atom. The second-order valence-corrected chi connectivity index (χ2v) is 13.7. The maximum absolute atomic E-state index is 13.5. The summed E-state index contributed by atoms with van der Waals surface area (Å²) in [6.07, 6.45) is 16.9. The predicted octanol–water partition coefficient (Wildman–Crippen LogP) is 4.43. The van der Waals surface area contributed by atoms with Gasteiger partial charge in [-0.05, 0) is 50.2 Å². The Morgan fingerprint density at radius 3 is 2.50 bits per heavy atom. The lowest BCUT2D eigenvalue weighted by atomic mass is 9.54. The minimum absolute atomic E-state index is 0.236.